The molecule has 0 atom stereocenters. The number of hydrogen-bond donors (Lipinski definition) is 0. The van der Waals surface area contributed by atoms with Gasteiger partial charge in [-0.15, -0.1) is 0 Å². The van der Waals surface area contributed by atoms with Crippen LogP contribution in [0, 0.1) is 18.3 Å². The number of benzene rings is 1. The van der Waals surface area contributed by atoms with Gasteiger partial charge in [0.1, 0.15) is 11.9 Å². The first-order valence-corrected chi connectivity index (χ1v) is 6.32. The van der Waals surface area contributed by atoms with Gasteiger partial charge < -0.3 is 4.90 Å². The maximum Gasteiger partial charge on any atom is 0.158 e. The summed E-state index contributed by atoms with van der Waals surface area (Å²) in [5.41, 5.74) is 4.50. The van der Waals surface area contributed by atoms with Crippen molar-refractivity contribution in [3.8, 4) is 6.07 Å². The molecule has 1 aromatic carbocycles. The Kier molecular flexibility index (Phi) is 2.88. The fourth-order valence-electron chi connectivity index (χ4n) is 2.49. The van der Waals surface area contributed by atoms with E-state index in [-0.39, 0.29) is 0 Å². The van der Waals surface area contributed by atoms with Crippen LogP contribution in [0.4, 0.5) is 5.82 Å². The zero-order chi connectivity index (χ0) is 13.2. The van der Waals surface area contributed by atoms with Gasteiger partial charge in [-0.25, -0.2) is 9.97 Å². The third-order valence-corrected chi connectivity index (χ3v) is 3.58. The lowest BCUT2D eigenvalue weighted by Gasteiger charge is -2.30. The molecule has 1 aromatic heterocycles. The molecule has 4 heteroatoms. The molecule has 4 nitrogen and oxygen atoms in total. The molecule has 0 bridgehead atoms. The number of aryl methyl sites for hydroxylation is 1. The smallest absolute Gasteiger partial charge is 0.158 e. The van der Waals surface area contributed by atoms with Crippen LogP contribution in [-0.2, 0) is 13.0 Å². The van der Waals surface area contributed by atoms with Crippen molar-refractivity contribution < 1.29 is 0 Å². The highest BCUT2D eigenvalue weighted by molar-refractivity contribution is 5.45. The summed E-state index contributed by atoms with van der Waals surface area (Å²) in [4.78, 5) is 10.6. The minimum Gasteiger partial charge on any atom is -0.351 e. The zero-order valence-electron chi connectivity index (χ0n) is 10.8. The van der Waals surface area contributed by atoms with Crippen LogP contribution < -0.4 is 4.90 Å². The van der Waals surface area contributed by atoms with E-state index in [2.05, 4.69) is 40.0 Å². The Bertz CT molecular complexity index is 640. The van der Waals surface area contributed by atoms with Crippen molar-refractivity contribution in [2.45, 2.75) is 19.9 Å². The number of hydrogen-bond acceptors (Lipinski definition) is 4. The van der Waals surface area contributed by atoms with Crippen LogP contribution in [0.15, 0.2) is 30.6 Å². The highest BCUT2D eigenvalue weighted by Gasteiger charge is 2.18. The maximum atomic E-state index is 8.74. The molecule has 1 aliphatic rings. The van der Waals surface area contributed by atoms with Crippen LogP contribution >= 0.6 is 0 Å². The van der Waals surface area contributed by atoms with Crippen molar-refractivity contribution >= 4 is 5.82 Å². The lowest BCUT2D eigenvalue weighted by atomic mass is 9.96. The van der Waals surface area contributed by atoms with Gasteiger partial charge in [0, 0.05) is 13.1 Å². The second kappa shape index (κ2) is 4.69. The predicted molar refractivity (Wildman–Crippen MR) is 72.7 cm³/mol. The van der Waals surface area contributed by atoms with Gasteiger partial charge in [-0.2, -0.15) is 5.26 Å². The Hall–Kier alpha value is -2.41. The highest BCUT2D eigenvalue weighted by Crippen LogP contribution is 2.24. The van der Waals surface area contributed by atoms with Crippen molar-refractivity contribution in [3.05, 3.63) is 53.0 Å². The molecular formula is C15H14N4. The van der Waals surface area contributed by atoms with Crippen LogP contribution in [0.2, 0.25) is 0 Å². The van der Waals surface area contributed by atoms with Crippen molar-refractivity contribution in [1.29, 1.82) is 5.26 Å². The topological polar surface area (TPSA) is 52.8 Å². The van der Waals surface area contributed by atoms with Crippen LogP contribution in [0.25, 0.3) is 0 Å². The molecule has 2 heterocycles. The molecule has 2 aromatic rings. The monoisotopic (exact) mass is 250 g/mol. The summed E-state index contributed by atoms with van der Waals surface area (Å²) in [7, 11) is 0. The number of anilines is 1. The van der Waals surface area contributed by atoms with Gasteiger partial charge in [0.15, 0.2) is 5.69 Å². The average Bonchev–Trinajstić information content (AvgIpc) is 2.47. The van der Waals surface area contributed by atoms with Gasteiger partial charge in [-0.05, 0) is 30.0 Å². The zero-order valence-corrected chi connectivity index (χ0v) is 10.8. The number of aromatic nitrogens is 2. The number of nitriles is 1. The third-order valence-electron chi connectivity index (χ3n) is 3.58. The molecule has 0 N–H and O–H groups in total. The molecule has 0 fully saturated rings. The fourth-order valence-corrected chi connectivity index (χ4v) is 2.49. The van der Waals surface area contributed by atoms with E-state index < -0.39 is 0 Å². The van der Waals surface area contributed by atoms with E-state index in [1.54, 1.807) is 6.20 Å². The van der Waals surface area contributed by atoms with Crippen molar-refractivity contribution in [1.82, 2.24) is 9.97 Å². The molecule has 0 spiro atoms. The van der Waals surface area contributed by atoms with Gasteiger partial charge >= 0.3 is 0 Å². The molecule has 3 rings (SSSR count). The molecule has 1 aliphatic heterocycles. The van der Waals surface area contributed by atoms with E-state index >= 15 is 0 Å². The van der Waals surface area contributed by atoms with E-state index in [1.165, 1.54) is 22.9 Å². The second-order valence-corrected chi connectivity index (χ2v) is 4.76. The van der Waals surface area contributed by atoms with E-state index in [1.807, 2.05) is 6.07 Å². The third kappa shape index (κ3) is 2.15. The number of rotatable bonds is 1. The highest BCUT2D eigenvalue weighted by atomic mass is 15.2. The Balaban J connectivity index is 1.89. The molecule has 0 aliphatic carbocycles. The quantitative estimate of drug-likeness (QED) is 0.778. The summed E-state index contributed by atoms with van der Waals surface area (Å²) in [6.45, 7) is 3.95. The molecule has 94 valence electrons. The first kappa shape index (κ1) is 11.7. The lowest BCUT2D eigenvalue weighted by molar-refractivity contribution is 0.714. The fraction of sp³-hybridized carbons (Fsp3) is 0.267. The Morgan fingerprint density at radius 3 is 2.89 bits per heavy atom. The SMILES string of the molecule is Cc1cccc2c1CN(c1cnc(C#N)cn1)CC2. The summed E-state index contributed by atoms with van der Waals surface area (Å²) >= 11 is 0. The summed E-state index contributed by atoms with van der Waals surface area (Å²) < 4.78 is 0. The first-order valence-electron chi connectivity index (χ1n) is 6.32. The molecule has 0 saturated carbocycles. The number of nitrogens with zero attached hydrogens (tertiary/aromatic N) is 4. The van der Waals surface area contributed by atoms with E-state index in [0.717, 1.165) is 25.3 Å². The predicted octanol–water partition coefficient (Wildman–Crippen LogP) is 2.22. The minimum atomic E-state index is 0.359. The molecule has 0 unspecified atom stereocenters. The molecule has 0 amide bonds. The summed E-state index contributed by atoms with van der Waals surface area (Å²) in [5.74, 6) is 0.841. The Morgan fingerprint density at radius 2 is 2.16 bits per heavy atom. The normalized spacial score (nSPS) is 13.8. The van der Waals surface area contributed by atoms with Gasteiger partial charge in [0.25, 0.3) is 0 Å². The standard InChI is InChI=1S/C15H14N4/c1-11-3-2-4-12-5-6-19(10-14(11)12)15-9-17-13(7-16)8-18-15/h2-4,8-9H,5-6,10H2,1H3. The van der Waals surface area contributed by atoms with Crippen molar-refractivity contribution in [3.63, 3.8) is 0 Å². The van der Waals surface area contributed by atoms with Crippen LogP contribution in [0.3, 0.4) is 0 Å². The van der Waals surface area contributed by atoms with E-state index in [0.29, 0.717) is 5.69 Å². The van der Waals surface area contributed by atoms with Crippen LogP contribution in [0.1, 0.15) is 22.4 Å². The molecule has 0 radical (unpaired) electrons. The van der Waals surface area contributed by atoms with Crippen LogP contribution in [0.5, 0.6) is 0 Å². The molecule has 19 heavy (non-hydrogen) atoms. The largest absolute Gasteiger partial charge is 0.351 e. The van der Waals surface area contributed by atoms with Crippen LogP contribution in [-0.4, -0.2) is 16.5 Å². The Labute approximate surface area is 112 Å². The molecular weight excluding hydrogens is 236 g/mol. The van der Waals surface area contributed by atoms with Crippen molar-refractivity contribution in [2.24, 2.45) is 0 Å². The van der Waals surface area contributed by atoms with Gasteiger partial charge in [0.2, 0.25) is 0 Å². The Morgan fingerprint density at radius 1 is 1.26 bits per heavy atom. The first-order chi connectivity index (χ1) is 9.28. The lowest BCUT2D eigenvalue weighted by Crippen LogP contribution is -2.31. The van der Waals surface area contributed by atoms with Gasteiger partial charge in [-0.3, -0.25) is 0 Å². The number of fused-ring (bicyclic) bond motifs is 1. The van der Waals surface area contributed by atoms with E-state index in [4.69, 9.17) is 5.26 Å². The maximum absolute atomic E-state index is 8.74. The summed E-state index contributed by atoms with van der Waals surface area (Å²) in [6, 6.07) is 8.45. The molecule has 0 saturated heterocycles. The van der Waals surface area contributed by atoms with Gasteiger partial charge in [-0.1, -0.05) is 18.2 Å². The van der Waals surface area contributed by atoms with Crippen molar-refractivity contribution in [2.75, 3.05) is 11.4 Å². The summed E-state index contributed by atoms with van der Waals surface area (Å²) in [6.07, 6.45) is 4.24. The summed E-state index contributed by atoms with van der Waals surface area (Å²) in [5, 5.41) is 8.74. The van der Waals surface area contributed by atoms with Gasteiger partial charge in [0.05, 0.1) is 12.4 Å². The average molecular weight is 250 g/mol. The second-order valence-electron chi connectivity index (χ2n) is 4.76. The van der Waals surface area contributed by atoms with E-state index in [9.17, 15) is 0 Å². The minimum absolute atomic E-state index is 0.359.